The zero-order valence-electron chi connectivity index (χ0n) is 16.1. The molecule has 0 saturated carbocycles. The van der Waals surface area contributed by atoms with Crippen LogP contribution in [0.4, 0.5) is 22.4 Å². The van der Waals surface area contributed by atoms with E-state index < -0.39 is 23.7 Å². The summed E-state index contributed by atoms with van der Waals surface area (Å²) >= 11 is 0. The third-order valence-electron chi connectivity index (χ3n) is 4.69. The fourth-order valence-electron chi connectivity index (χ4n) is 3.18. The van der Waals surface area contributed by atoms with Crippen molar-refractivity contribution in [1.82, 2.24) is 5.32 Å². The molecule has 0 spiro atoms. The number of carbonyl (C=O) groups is 1. The first-order chi connectivity index (χ1) is 14.7. The molecule has 8 heteroatoms. The van der Waals surface area contributed by atoms with E-state index in [1.165, 1.54) is 37.4 Å². The number of hydrogen-bond acceptors (Lipinski definition) is 3. The highest BCUT2D eigenvalue weighted by atomic mass is 19.4. The minimum atomic E-state index is -4.43. The molecule has 0 aliphatic rings. The van der Waals surface area contributed by atoms with Crippen LogP contribution in [0.2, 0.25) is 0 Å². The third kappa shape index (κ3) is 4.23. The van der Waals surface area contributed by atoms with E-state index in [4.69, 9.17) is 9.15 Å². The highest BCUT2D eigenvalue weighted by molar-refractivity contribution is 5.97. The number of rotatable bonds is 3. The molecule has 0 atom stereocenters. The van der Waals surface area contributed by atoms with Gasteiger partial charge in [-0.05, 0) is 53.1 Å². The maximum Gasteiger partial charge on any atom is 0.416 e. The van der Waals surface area contributed by atoms with Gasteiger partial charge in [0.25, 0.3) is 5.95 Å². The molecule has 3 aromatic carbocycles. The first-order valence-electron chi connectivity index (χ1n) is 9.15. The molecule has 0 aliphatic heterocycles. The first kappa shape index (κ1) is 20.5. The molecular weight excluding hydrogens is 414 g/mol. The van der Waals surface area contributed by atoms with Crippen LogP contribution in [0.1, 0.15) is 5.56 Å². The van der Waals surface area contributed by atoms with Crippen molar-refractivity contribution in [3.8, 4) is 28.2 Å². The van der Waals surface area contributed by atoms with Gasteiger partial charge in [0.05, 0.1) is 5.56 Å². The van der Waals surface area contributed by atoms with Crippen LogP contribution in [0.15, 0.2) is 71.1 Å². The SMILES string of the molecule is CNC(=O)Oc1cc2cc(-c3ccc(C(F)(F)F)cc3)cc(-c3ccc(F)cc3)c2o1. The molecule has 1 heterocycles. The van der Waals surface area contributed by atoms with Gasteiger partial charge in [0, 0.05) is 24.1 Å². The van der Waals surface area contributed by atoms with Gasteiger partial charge in [-0.1, -0.05) is 24.3 Å². The van der Waals surface area contributed by atoms with Crippen LogP contribution in [0.5, 0.6) is 5.95 Å². The van der Waals surface area contributed by atoms with Crippen molar-refractivity contribution >= 4 is 17.1 Å². The van der Waals surface area contributed by atoms with Crippen LogP contribution in [-0.2, 0) is 6.18 Å². The second-order valence-corrected chi connectivity index (χ2v) is 6.73. The molecular formula is C23H15F4NO3. The van der Waals surface area contributed by atoms with Crippen molar-refractivity contribution in [2.45, 2.75) is 6.18 Å². The van der Waals surface area contributed by atoms with Gasteiger partial charge in [0.2, 0.25) is 0 Å². The van der Waals surface area contributed by atoms with E-state index in [1.54, 1.807) is 24.3 Å². The van der Waals surface area contributed by atoms with Crippen LogP contribution in [0.3, 0.4) is 0 Å². The Bertz CT molecular complexity index is 1240. The molecule has 4 nitrogen and oxygen atoms in total. The number of carbonyl (C=O) groups excluding carboxylic acids is 1. The predicted molar refractivity (Wildman–Crippen MR) is 107 cm³/mol. The summed E-state index contributed by atoms with van der Waals surface area (Å²) in [7, 11) is 1.40. The summed E-state index contributed by atoms with van der Waals surface area (Å²) in [6.07, 6.45) is -5.15. The number of hydrogen-bond donors (Lipinski definition) is 1. The van der Waals surface area contributed by atoms with E-state index in [9.17, 15) is 22.4 Å². The number of fused-ring (bicyclic) bond motifs is 1. The van der Waals surface area contributed by atoms with Gasteiger partial charge in [-0.2, -0.15) is 13.2 Å². The Kier molecular flexibility index (Phi) is 5.14. The minimum absolute atomic E-state index is 0.0534. The third-order valence-corrected chi connectivity index (χ3v) is 4.69. The van der Waals surface area contributed by atoms with Gasteiger partial charge in [-0.3, -0.25) is 0 Å². The molecule has 31 heavy (non-hydrogen) atoms. The Labute approximate surface area is 174 Å². The Morgan fingerprint density at radius 3 is 2.16 bits per heavy atom. The van der Waals surface area contributed by atoms with Crippen molar-refractivity contribution in [3.63, 3.8) is 0 Å². The quantitative estimate of drug-likeness (QED) is 0.371. The van der Waals surface area contributed by atoms with Crippen molar-refractivity contribution in [3.05, 3.63) is 78.1 Å². The molecule has 0 saturated heterocycles. The van der Waals surface area contributed by atoms with Gasteiger partial charge < -0.3 is 14.5 Å². The van der Waals surface area contributed by atoms with E-state index >= 15 is 0 Å². The van der Waals surface area contributed by atoms with E-state index in [0.717, 1.165) is 12.1 Å². The van der Waals surface area contributed by atoms with Crippen LogP contribution >= 0.6 is 0 Å². The first-order valence-corrected chi connectivity index (χ1v) is 9.15. The largest absolute Gasteiger partial charge is 0.425 e. The number of benzene rings is 3. The lowest BCUT2D eigenvalue weighted by molar-refractivity contribution is -0.137. The lowest BCUT2D eigenvalue weighted by atomic mass is 9.96. The molecule has 1 aromatic heterocycles. The normalized spacial score (nSPS) is 11.5. The number of ether oxygens (including phenoxy) is 1. The lowest BCUT2D eigenvalue weighted by Gasteiger charge is -2.10. The second-order valence-electron chi connectivity index (χ2n) is 6.73. The Hall–Kier alpha value is -3.81. The predicted octanol–water partition coefficient (Wildman–Crippen LogP) is 6.64. The summed E-state index contributed by atoms with van der Waals surface area (Å²) < 4.78 is 62.8. The molecule has 0 bridgehead atoms. The summed E-state index contributed by atoms with van der Waals surface area (Å²) in [5.41, 5.74) is 2.00. The Morgan fingerprint density at radius 2 is 1.55 bits per heavy atom. The zero-order valence-corrected chi connectivity index (χ0v) is 16.1. The maximum absolute atomic E-state index is 13.4. The van der Waals surface area contributed by atoms with E-state index in [2.05, 4.69) is 5.32 Å². The van der Waals surface area contributed by atoms with Gasteiger partial charge in [-0.15, -0.1) is 0 Å². The molecule has 1 N–H and O–H groups in total. The minimum Gasteiger partial charge on any atom is -0.425 e. The standard InChI is InChI=1S/C23H15F4NO3/c1-28-22(29)31-20-12-16-10-15(13-2-6-17(7-3-13)23(25,26)27)11-19(21(16)30-20)14-4-8-18(24)9-5-14/h2-12H,1H3,(H,28,29). The summed E-state index contributed by atoms with van der Waals surface area (Å²) in [5, 5.41) is 2.88. The Balaban J connectivity index is 1.86. The highest BCUT2D eigenvalue weighted by Gasteiger charge is 2.30. The molecule has 0 radical (unpaired) electrons. The number of alkyl halides is 3. The summed E-state index contributed by atoms with van der Waals surface area (Å²) in [6.45, 7) is 0. The summed E-state index contributed by atoms with van der Waals surface area (Å²) in [6, 6.07) is 15.4. The van der Waals surface area contributed by atoms with Crippen LogP contribution in [0, 0.1) is 5.82 Å². The van der Waals surface area contributed by atoms with E-state index in [0.29, 0.717) is 33.2 Å². The van der Waals surface area contributed by atoms with Gasteiger partial charge in [0.15, 0.2) is 0 Å². The fourth-order valence-corrected chi connectivity index (χ4v) is 3.18. The molecule has 4 rings (SSSR count). The number of furan rings is 1. The topological polar surface area (TPSA) is 51.5 Å². The molecule has 1 amide bonds. The Morgan fingerprint density at radius 1 is 0.903 bits per heavy atom. The monoisotopic (exact) mass is 429 g/mol. The number of nitrogens with one attached hydrogen (secondary N) is 1. The number of halogens is 4. The van der Waals surface area contributed by atoms with Crippen LogP contribution in [0.25, 0.3) is 33.2 Å². The summed E-state index contributed by atoms with van der Waals surface area (Å²) in [4.78, 5) is 11.5. The molecule has 4 aromatic rings. The maximum atomic E-state index is 13.4. The van der Waals surface area contributed by atoms with Gasteiger partial charge in [-0.25, -0.2) is 9.18 Å². The van der Waals surface area contributed by atoms with Crippen molar-refractivity contribution in [2.24, 2.45) is 0 Å². The van der Waals surface area contributed by atoms with Crippen molar-refractivity contribution in [1.29, 1.82) is 0 Å². The van der Waals surface area contributed by atoms with Gasteiger partial charge in [0.1, 0.15) is 11.4 Å². The summed E-state index contributed by atoms with van der Waals surface area (Å²) in [5.74, 6) is -0.468. The van der Waals surface area contributed by atoms with Gasteiger partial charge >= 0.3 is 12.3 Å². The second kappa shape index (κ2) is 7.79. The molecule has 158 valence electrons. The highest BCUT2D eigenvalue weighted by Crippen LogP contribution is 2.38. The average Bonchev–Trinajstić information content (AvgIpc) is 3.15. The molecule has 0 aliphatic carbocycles. The van der Waals surface area contributed by atoms with E-state index in [-0.39, 0.29) is 5.95 Å². The lowest BCUT2D eigenvalue weighted by Crippen LogP contribution is -2.21. The van der Waals surface area contributed by atoms with Crippen LogP contribution < -0.4 is 10.1 Å². The molecule has 0 fully saturated rings. The zero-order chi connectivity index (χ0) is 22.2. The average molecular weight is 429 g/mol. The molecule has 0 unspecified atom stereocenters. The van der Waals surface area contributed by atoms with Crippen molar-refractivity contribution < 1.29 is 31.5 Å². The van der Waals surface area contributed by atoms with E-state index in [1.807, 2.05) is 0 Å². The van der Waals surface area contributed by atoms with Crippen molar-refractivity contribution in [2.75, 3.05) is 7.05 Å². The fraction of sp³-hybridized carbons (Fsp3) is 0.0870. The van der Waals surface area contributed by atoms with Crippen LogP contribution in [-0.4, -0.2) is 13.1 Å². The number of amides is 1. The smallest absolute Gasteiger partial charge is 0.416 e.